The lowest BCUT2D eigenvalue weighted by molar-refractivity contribution is 0.111. The molecule has 0 aliphatic carbocycles. The van der Waals surface area contributed by atoms with E-state index in [1.54, 1.807) is 30.5 Å². The van der Waals surface area contributed by atoms with Crippen LogP contribution < -0.4 is 0 Å². The molecule has 0 aromatic carbocycles. The van der Waals surface area contributed by atoms with Crippen LogP contribution in [0, 0.1) is 0 Å². The van der Waals surface area contributed by atoms with Gasteiger partial charge in [0.25, 0.3) is 0 Å². The minimum atomic E-state index is 0.315. The molecule has 4 nitrogen and oxygen atoms in total. The van der Waals surface area contributed by atoms with E-state index in [1.807, 2.05) is 0 Å². The molecule has 0 unspecified atom stereocenters. The van der Waals surface area contributed by atoms with Crippen LogP contribution in [0.4, 0.5) is 0 Å². The molecule has 0 bridgehead atoms. The van der Waals surface area contributed by atoms with E-state index >= 15 is 0 Å². The fourth-order valence-corrected chi connectivity index (χ4v) is 0.961. The first-order chi connectivity index (χ1) is 6.40. The minimum absolute atomic E-state index is 0.315. The predicted octanol–water partition coefficient (Wildman–Crippen LogP) is 1.55. The Kier molecular flexibility index (Phi) is 1.88. The summed E-state index contributed by atoms with van der Waals surface area (Å²) in [5, 5.41) is 7.49. The normalized spacial score (nSPS) is 9.85. The summed E-state index contributed by atoms with van der Waals surface area (Å²) in [6, 6.07) is 6.84. The number of aldehydes is 1. The average Bonchev–Trinajstić information content (AvgIpc) is 2.71. The molecule has 0 saturated heterocycles. The summed E-state index contributed by atoms with van der Waals surface area (Å²) >= 11 is 0. The smallest absolute Gasteiger partial charge is 0.170 e. The third-order valence-corrected chi connectivity index (χ3v) is 1.58. The highest BCUT2D eigenvalue weighted by Crippen LogP contribution is 2.15. The van der Waals surface area contributed by atoms with Crippen molar-refractivity contribution in [2.75, 3.05) is 0 Å². The van der Waals surface area contributed by atoms with Crippen molar-refractivity contribution >= 4 is 6.29 Å². The van der Waals surface area contributed by atoms with Gasteiger partial charge in [-0.3, -0.25) is 4.79 Å². The van der Waals surface area contributed by atoms with Crippen LogP contribution >= 0.6 is 0 Å². The van der Waals surface area contributed by atoms with Crippen molar-refractivity contribution in [1.82, 2.24) is 10.2 Å². The lowest BCUT2D eigenvalue weighted by atomic mass is 10.3. The largest absolute Gasteiger partial charge is 0.463 e. The number of carbonyl (C=O) groups is 1. The molecule has 2 aromatic heterocycles. The van der Waals surface area contributed by atoms with Gasteiger partial charge in [0.15, 0.2) is 12.0 Å². The summed E-state index contributed by atoms with van der Waals surface area (Å²) in [6.07, 6.45) is 2.21. The molecule has 0 fully saturated rings. The first-order valence-electron chi connectivity index (χ1n) is 3.73. The monoisotopic (exact) mass is 174 g/mol. The summed E-state index contributed by atoms with van der Waals surface area (Å²) in [5.41, 5.74) is 0.936. The molecule has 0 radical (unpaired) electrons. The molecule has 4 heteroatoms. The molecule has 0 atom stereocenters. The Morgan fingerprint density at radius 2 is 2.15 bits per heavy atom. The quantitative estimate of drug-likeness (QED) is 0.648. The summed E-state index contributed by atoms with van der Waals surface area (Å²) in [5.74, 6) is 0.643. The maximum Gasteiger partial charge on any atom is 0.170 e. The fourth-order valence-electron chi connectivity index (χ4n) is 0.961. The van der Waals surface area contributed by atoms with E-state index in [2.05, 4.69) is 10.2 Å². The second kappa shape index (κ2) is 3.18. The van der Waals surface area contributed by atoms with Gasteiger partial charge in [0.2, 0.25) is 0 Å². The van der Waals surface area contributed by atoms with E-state index < -0.39 is 0 Å². The molecule has 2 heterocycles. The summed E-state index contributed by atoms with van der Waals surface area (Å²) in [4.78, 5) is 10.3. The van der Waals surface area contributed by atoms with Gasteiger partial charge < -0.3 is 4.42 Å². The number of rotatable bonds is 2. The highest BCUT2D eigenvalue weighted by molar-refractivity contribution is 5.71. The topological polar surface area (TPSA) is 56.0 Å². The van der Waals surface area contributed by atoms with E-state index in [9.17, 15) is 4.79 Å². The Labute approximate surface area is 74.2 Å². The number of hydrogen-bond donors (Lipinski definition) is 0. The zero-order valence-electron chi connectivity index (χ0n) is 6.68. The molecule has 2 aromatic rings. The number of carbonyl (C=O) groups excluding carboxylic acids is 1. The third kappa shape index (κ3) is 1.46. The minimum Gasteiger partial charge on any atom is -0.463 e. The van der Waals surface area contributed by atoms with Gasteiger partial charge in [0.1, 0.15) is 11.4 Å². The van der Waals surface area contributed by atoms with Crippen LogP contribution in [-0.4, -0.2) is 16.5 Å². The summed E-state index contributed by atoms with van der Waals surface area (Å²) < 4.78 is 5.10. The Hall–Kier alpha value is -1.97. The predicted molar refractivity (Wildman–Crippen MR) is 45.1 cm³/mol. The van der Waals surface area contributed by atoms with Gasteiger partial charge in [0, 0.05) is 0 Å². The molecular weight excluding hydrogens is 168 g/mol. The Bertz CT molecular complexity index is 392. The number of aromatic nitrogens is 2. The average molecular weight is 174 g/mol. The first kappa shape index (κ1) is 7.67. The first-order valence-corrected chi connectivity index (χ1v) is 3.73. The highest BCUT2D eigenvalue weighted by atomic mass is 16.3. The van der Waals surface area contributed by atoms with Crippen LogP contribution in [0.1, 0.15) is 10.5 Å². The van der Waals surface area contributed by atoms with Gasteiger partial charge in [-0.2, -0.15) is 0 Å². The molecule has 0 aliphatic heterocycles. The van der Waals surface area contributed by atoms with Gasteiger partial charge in [-0.15, -0.1) is 10.2 Å². The Balaban J connectivity index is 2.38. The van der Waals surface area contributed by atoms with E-state index in [1.165, 1.54) is 0 Å². The van der Waals surface area contributed by atoms with Crippen LogP contribution in [0.3, 0.4) is 0 Å². The molecule has 0 amide bonds. The zero-order chi connectivity index (χ0) is 9.10. The van der Waals surface area contributed by atoms with Crippen LogP contribution in [-0.2, 0) is 0 Å². The molecule has 0 saturated carbocycles. The van der Waals surface area contributed by atoms with Crippen molar-refractivity contribution in [1.29, 1.82) is 0 Å². The van der Waals surface area contributed by atoms with Gasteiger partial charge >= 0.3 is 0 Å². The van der Waals surface area contributed by atoms with Gasteiger partial charge in [-0.05, 0) is 24.3 Å². The van der Waals surface area contributed by atoms with Gasteiger partial charge in [-0.1, -0.05) is 0 Å². The molecule has 0 aliphatic rings. The van der Waals surface area contributed by atoms with Crippen LogP contribution in [0.5, 0.6) is 0 Å². The number of nitrogens with zero attached hydrogens (tertiary/aromatic N) is 2. The zero-order valence-corrected chi connectivity index (χ0v) is 6.68. The lowest BCUT2D eigenvalue weighted by Gasteiger charge is -1.93. The van der Waals surface area contributed by atoms with E-state index in [-0.39, 0.29) is 0 Å². The SMILES string of the molecule is O=Cc1ccc(-c2ccco2)nn1. The van der Waals surface area contributed by atoms with Gasteiger partial charge in [-0.25, -0.2) is 0 Å². The molecule has 64 valence electrons. The van der Waals surface area contributed by atoms with Gasteiger partial charge in [0.05, 0.1) is 6.26 Å². The molecule has 0 N–H and O–H groups in total. The van der Waals surface area contributed by atoms with Crippen molar-refractivity contribution in [3.63, 3.8) is 0 Å². The number of furan rings is 1. The van der Waals surface area contributed by atoms with Crippen LogP contribution in [0.15, 0.2) is 34.9 Å². The molecular formula is C9H6N2O2. The second-order valence-electron chi connectivity index (χ2n) is 2.44. The maximum absolute atomic E-state index is 10.3. The third-order valence-electron chi connectivity index (χ3n) is 1.58. The highest BCUT2D eigenvalue weighted by Gasteiger charge is 2.01. The van der Waals surface area contributed by atoms with E-state index in [0.29, 0.717) is 23.4 Å². The van der Waals surface area contributed by atoms with Crippen molar-refractivity contribution in [2.24, 2.45) is 0 Å². The van der Waals surface area contributed by atoms with Crippen molar-refractivity contribution in [2.45, 2.75) is 0 Å². The number of hydrogen-bond acceptors (Lipinski definition) is 4. The van der Waals surface area contributed by atoms with Crippen LogP contribution in [0.25, 0.3) is 11.5 Å². The fraction of sp³-hybridized carbons (Fsp3) is 0. The van der Waals surface area contributed by atoms with Crippen molar-refractivity contribution in [3.05, 3.63) is 36.2 Å². The second-order valence-corrected chi connectivity index (χ2v) is 2.44. The summed E-state index contributed by atoms with van der Waals surface area (Å²) in [7, 11) is 0. The Morgan fingerprint density at radius 3 is 2.69 bits per heavy atom. The van der Waals surface area contributed by atoms with E-state index in [4.69, 9.17) is 4.42 Å². The lowest BCUT2D eigenvalue weighted by Crippen LogP contribution is -1.91. The molecule has 2 rings (SSSR count). The Morgan fingerprint density at radius 1 is 1.23 bits per heavy atom. The van der Waals surface area contributed by atoms with Crippen molar-refractivity contribution in [3.8, 4) is 11.5 Å². The van der Waals surface area contributed by atoms with E-state index in [0.717, 1.165) is 0 Å². The molecule has 13 heavy (non-hydrogen) atoms. The maximum atomic E-state index is 10.3. The van der Waals surface area contributed by atoms with Crippen molar-refractivity contribution < 1.29 is 9.21 Å². The summed E-state index contributed by atoms with van der Waals surface area (Å²) in [6.45, 7) is 0. The standard InChI is InChI=1S/C9H6N2O2/c12-6-7-3-4-8(11-10-7)9-2-1-5-13-9/h1-6H. The molecule has 0 spiro atoms. The van der Waals surface area contributed by atoms with Crippen LogP contribution in [0.2, 0.25) is 0 Å².